The van der Waals surface area contributed by atoms with Crippen LogP contribution in [0.25, 0.3) is 0 Å². The summed E-state index contributed by atoms with van der Waals surface area (Å²) in [6.07, 6.45) is 1.61. The number of pyridine rings is 1. The Balaban J connectivity index is 2.28. The summed E-state index contributed by atoms with van der Waals surface area (Å²) in [7, 11) is 0. The van der Waals surface area contributed by atoms with Crippen LogP contribution in [0.15, 0.2) is 34.9 Å². The standard InChI is InChI=1S/C15H15BrFN3O/c1-3-18-14-10(5-4-6-19-14)15(21)20-13-8-12(17)11(16)7-9(13)2/h4-8H,3H2,1-2H3,(H,18,19)(H,20,21). The van der Waals surface area contributed by atoms with Gasteiger partial charge in [-0.2, -0.15) is 0 Å². The van der Waals surface area contributed by atoms with Crippen LogP contribution in [-0.2, 0) is 0 Å². The molecule has 0 bridgehead atoms. The van der Waals surface area contributed by atoms with Crippen LogP contribution in [0.1, 0.15) is 22.8 Å². The Kier molecular flexibility index (Phi) is 4.90. The van der Waals surface area contributed by atoms with Crippen molar-refractivity contribution in [2.24, 2.45) is 0 Å². The number of benzene rings is 1. The number of hydrogen-bond acceptors (Lipinski definition) is 3. The summed E-state index contributed by atoms with van der Waals surface area (Å²) in [5.74, 6) is -0.245. The van der Waals surface area contributed by atoms with Gasteiger partial charge in [0.05, 0.1) is 10.0 Å². The molecule has 0 atom stereocenters. The summed E-state index contributed by atoms with van der Waals surface area (Å²) in [6.45, 7) is 4.38. The third-order valence-corrected chi connectivity index (χ3v) is 3.52. The highest BCUT2D eigenvalue weighted by Crippen LogP contribution is 2.25. The Bertz CT molecular complexity index is 676. The second-order valence-corrected chi connectivity index (χ2v) is 5.32. The van der Waals surface area contributed by atoms with Gasteiger partial charge in [-0.1, -0.05) is 0 Å². The Morgan fingerprint density at radius 3 is 2.90 bits per heavy atom. The van der Waals surface area contributed by atoms with Gasteiger partial charge in [-0.05, 0) is 59.6 Å². The SMILES string of the molecule is CCNc1ncccc1C(=O)Nc1cc(F)c(Br)cc1C. The summed E-state index contributed by atoms with van der Waals surface area (Å²) in [4.78, 5) is 16.5. The molecule has 0 aliphatic heterocycles. The minimum Gasteiger partial charge on any atom is -0.370 e. The van der Waals surface area contributed by atoms with E-state index in [1.54, 1.807) is 31.3 Å². The molecular formula is C15H15BrFN3O. The number of rotatable bonds is 4. The van der Waals surface area contributed by atoms with E-state index in [1.165, 1.54) is 6.07 Å². The van der Waals surface area contributed by atoms with Crippen molar-refractivity contribution < 1.29 is 9.18 Å². The first kappa shape index (κ1) is 15.4. The zero-order chi connectivity index (χ0) is 15.4. The van der Waals surface area contributed by atoms with Gasteiger partial charge in [-0.25, -0.2) is 9.37 Å². The number of nitrogens with one attached hydrogen (secondary N) is 2. The maximum absolute atomic E-state index is 13.6. The van der Waals surface area contributed by atoms with E-state index < -0.39 is 5.82 Å². The van der Waals surface area contributed by atoms with Crippen LogP contribution < -0.4 is 10.6 Å². The quantitative estimate of drug-likeness (QED) is 0.875. The smallest absolute Gasteiger partial charge is 0.259 e. The Morgan fingerprint density at radius 1 is 1.43 bits per heavy atom. The van der Waals surface area contributed by atoms with Gasteiger partial charge in [0.2, 0.25) is 0 Å². The Labute approximate surface area is 130 Å². The number of hydrogen-bond donors (Lipinski definition) is 2. The molecule has 110 valence electrons. The van der Waals surface area contributed by atoms with Crippen molar-refractivity contribution in [2.75, 3.05) is 17.2 Å². The largest absolute Gasteiger partial charge is 0.370 e. The van der Waals surface area contributed by atoms with E-state index in [2.05, 4.69) is 31.5 Å². The number of aryl methyl sites for hydroxylation is 1. The summed E-state index contributed by atoms with van der Waals surface area (Å²) < 4.78 is 14.0. The normalized spacial score (nSPS) is 10.3. The summed E-state index contributed by atoms with van der Waals surface area (Å²) >= 11 is 3.12. The zero-order valence-corrected chi connectivity index (χ0v) is 13.3. The van der Waals surface area contributed by atoms with Crippen LogP contribution in [0.5, 0.6) is 0 Å². The Morgan fingerprint density at radius 2 is 2.19 bits per heavy atom. The van der Waals surface area contributed by atoms with Gasteiger partial charge in [-0.15, -0.1) is 0 Å². The van der Waals surface area contributed by atoms with E-state index >= 15 is 0 Å². The molecule has 0 radical (unpaired) electrons. The van der Waals surface area contributed by atoms with E-state index in [-0.39, 0.29) is 5.91 Å². The van der Waals surface area contributed by atoms with Crippen LogP contribution >= 0.6 is 15.9 Å². The molecule has 0 fully saturated rings. The molecule has 0 spiro atoms. The molecule has 1 amide bonds. The fourth-order valence-corrected chi connectivity index (χ4v) is 2.33. The minimum absolute atomic E-state index is 0.330. The topological polar surface area (TPSA) is 54.0 Å². The van der Waals surface area contributed by atoms with E-state index in [0.717, 1.165) is 5.56 Å². The number of carbonyl (C=O) groups is 1. The molecular weight excluding hydrogens is 337 g/mol. The highest BCUT2D eigenvalue weighted by molar-refractivity contribution is 9.10. The molecule has 0 unspecified atom stereocenters. The molecule has 6 heteroatoms. The van der Waals surface area contributed by atoms with E-state index in [4.69, 9.17) is 0 Å². The van der Waals surface area contributed by atoms with Crippen molar-refractivity contribution in [3.63, 3.8) is 0 Å². The van der Waals surface area contributed by atoms with E-state index in [1.807, 2.05) is 6.92 Å². The molecule has 1 heterocycles. The molecule has 0 aliphatic rings. The number of aromatic nitrogens is 1. The lowest BCUT2D eigenvalue weighted by Gasteiger charge is -2.12. The second-order valence-electron chi connectivity index (χ2n) is 4.47. The molecule has 2 N–H and O–H groups in total. The van der Waals surface area contributed by atoms with Crippen molar-refractivity contribution in [3.05, 3.63) is 51.9 Å². The zero-order valence-electron chi connectivity index (χ0n) is 11.7. The second kappa shape index (κ2) is 6.67. The van der Waals surface area contributed by atoms with Crippen LogP contribution in [-0.4, -0.2) is 17.4 Å². The molecule has 4 nitrogen and oxygen atoms in total. The predicted octanol–water partition coefficient (Wildman–Crippen LogP) is 3.98. The lowest BCUT2D eigenvalue weighted by molar-refractivity contribution is 0.102. The van der Waals surface area contributed by atoms with Crippen LogP contribution in [0, 0.1) is 12.7 Å². The molecule has 2 aromatic rings. The molecule has 0 aliphatic carbocycles. The van der Waals surface area contributed by atoms with Gasteiger partial charge in [0.1, 0.15) is 11.6 Å². The molecule has 21 heavy (non-hydrogen) atoms. The predicted molar refractivity (Wildman–Crippen MR) is 85.2 cm³/mol. The third kappa shape index (κ3) is 3.58. The van der Waals surface area contributed by atoms with Crippen molar-refractivity contribution in [1.82, 2.24) is 4.98 Å². The molecule has 1 aromatic heterocycles. The number of amides is 1. The van der Waals surface area contributed by atoms with Crippen molar-refractivity contribution >= 4 is 33.3 Å². The average molecular weight is 352 g/mol. The van der Waals surface area contributed by atoms with Crippen molar-refractivity contribution in [2.45, 2.75) is 13.8 Å². The number of carbonyl (C=O) groups excluding carboxylic acids is 1. The average Bonchev–Trinajstić information content (AvgIpc) is 2.45. The third-order valence-electron chi connectivity index (χ3n) is 2.91. The Hall–Kier alpha value is -1.95. The monoisotopic (exact) mass is 351 g/mol. The van der Waals surface area contributed by atoms with Crippen LogP contribution in [0.4, 0.5) is 15.9 Å². The fraction of sp³-hybridized carbons (Fsp3) is 0.200. The number of halogens is 2. The van der Waals surface area contributed by atoms with E-state index in [0.29, 0.717) is 28.1 Å². The molecule has 1 aromatic carbocycles. The first-order valence-electron chi connectivity index (χ1n) is 6.48. The van der Waals surface area contributed by atoms with Gasteiger partial charge in [0, 0.05) is 18.4 Å². The van der Waals surface area contributed by atoms with Crippen molar-refractivity contribution in [1.29, 1.82) is 0 Å². The van der Waals surface area contributed by atoms with Gasteiger partial charge in [-0.3, -0.25) is 4.79 Å². The molecule has 0 saturated carbocycles. The summed E-state index contributed by atoms with van der Waals surface area (Å²) in [5, 5.41) is 5.74. The first-order chi connectivity index (χ1) is 10.0. The highest BCUT2D eigenvalue weighted by atomic mass is 79.9. The lowest BCUT2D eigenvalue weighted by Crippen LogP contribution is -2.16. The maximum atomic E-state index is 13.6. The number of anilines is 2. The van der Waals surface area contributed by atoms with Gasteiger partial charge in [0.25, 0.3) is 5.91 Å². The number of nitrogens with zero attached hydrogens (tertiary/aromatic N) is 1. The minimum atomic E-state index is -0.422. The van der Waals surface area contributed by atoms with Crippen molar-refractivity contribution in [3.8, 4) is 0 Å². The van der Waals surface area contributed by atoms with Crippen LogP contribution in [0.2, 0.25) is 0 Å². The highest BCUT2D eigenvalue weighted by Gasteiger charge is 2.14. The molecule has 2 rings (SSSR count). The first-order valence-corrected chi connectivity index (χ1v) is 7.28. The van der Waals surface area contributed by atoms with Gasteiger partial charge >= 0.3 is 0 Å². The summed E-state index contributed by atoms with van der Waals surface area (Å²) in [5.41, 5.74) is 1.62. The van der Waals surface area contributed by atoms with E-state index in [9.17, 15) is 9.18 Å². The summed E-state index contributed by atoms with van der Waals surface area (Å²) in [6, 6.07) is 6.27. The fourth-order valence-electron chi connectivity index (χ4n) is 1.87. The van der Waals surface area contributed by atoms with Gasteiger partial charge in [0.15, 0.2) is 0 Å². The van der Waals surface area contributed by atoms with Gasteiger partial charge < -0.3 is 10.6 Å². The van der Waals surface area contributed by atoms with Crippen LogP contribution in [0.3, 0.4) is 0 Å². The molecule has 0 saturated heterocycles. The lowest BCUT2D eigenvalue weighted by atomic mass is 10.1. The maximum Gasteiger partial charge on any atom is 0.259 e.